The molecule has 0 aliphatic carbocycles. The van der Waals surface area contributed by atoms with Gasteiger partial charge in [-0.25, -0.2) is 8.42 Å². The molecule has 1 N–H and O–H groups in total. The molecule has 172 valence electrons. The van der Waals surface area contributed by atoms with Gasteiger partial charge >= 0.3 is 0 Å². The van der Waals surface area contributed by atoms with Crippen molar-refractivity contribution in [2.24, 2.45) is 0 Å². The van der Waals surface area contributed by atoms with Crippen molar-refractivity contribution in [3.63, 3.8) is 0 Å². The summed E-state index contributed by atoms with van der Waals surface area (Å²) in [6, 6.07) is 21.1. The maximum atomic E-state index is 13.6. The van der Waals surface area contributed by atoms with Gasteiger partial charge in [-0.3, -0.25) is 9.10 Å². The first-order valence-corrected chi connectivity index (χ1v) is 12.3. The predicted octanol–water partition coefficient (Wildman–Crippen LogP) is 4.89. The van der Waals surface area contributed by atoms with Gasteiger partial charge in [-0.15, -0.1) is 0 Å². The largest absolute Gasteiger partial charge is 0.476 e. The summed E-state index contributed by atoms with van der Waals surface area (Å²) in [5.74, 6) is -0.0459. The zero-order valence-electron chi connectivity index (χ0n) is 19.2. The molecule has 0 aromatic heterocycles. The molecule has 1 heterocycles. The first-order chi connectivity index (χ1) is 15.6. The summed E-state index contributed by atoms with van der Waals surface area (Å²) in [7, 11) is -3.91. The van der Waals surface area contributed by atoms with Gasteiger partial charge in [0.2, 0.25) is 0 Å². The molecule has 3 aromatic rings. The van der Waals surface area contributed by atoms with Crippen LogP contribution in [0, 0.1) is 6.92 Å². The molecule has 3 aromatic carbocycles. The Balaban J connectivity index is 1.73. The molecule has 0 saturated carbocycles. The number of hydrogen-bond acceptors (Lipinski definition) is 4. The second kappa shape index (κ2) is 8.56. The van der Waals surface area contributed by atoms with E-state index in [2.05, 4.69) is 26.1 Å². The van der Waals surface area contributed by atoms with Crippen molar-refractivity contribution in [1.29, 1.82) is 0 Å². The quantitative estimate of drug-likeness (QED) is 0.597. The highest BCUT2D eigenvalue weighted by Crippen LogP contribution is 2.40. The summed E-state index contributed by atoms with van der Waals surface area (Å²) >= 11 is 0. The van der Waals surface area contributed by atoms with Gasteiger partial charge in [0, 0.05) is 5.69 Å². The van der Waals surface area contributed by atoms with Crippen LogP contribution in [0.25, 0.3) is 0 Å². The molecule has 0 saturated heterocycles. The lowest BCUT2D eigenvalue weighted by atomic mass is 9.86. The van der Waals surface area contributed by atoms with E-state index < -0.39 is 22.0 Å². The zero-order chi connectivity index (χ0) is 23.8. The number of ether oxygens (including phenoxy) is 1. The minimum atomic E-state index is -3.91. The maximum absolute atomic E-state index is 13.6. The molecule has 33 heavy (non-hydrogen) atoms. The van der Waals surface area contributed by atoms with Gasteiger partial charge in [0.1, 0.15) is 5.75 Å². The van der Waals surface area contributed by atoms with E-state index in [0.717, 1.165) is 11.1 Å². The third-order valence-electron chi connectivity index (χ3n) is 5.64. The number of carbonyl (C=O) groups excluding carboxylic acids is 1. The van der Waals surface area contributed by atoms with Crippen LogP contribution in [0.5, 0.6) is 5.75 Å². The van der Waals surface area contributed by atoms with Gasteiger partial charge < -0.3 is 10.1 Å². The van der Waals surface area contributed by atoms with Crippen molar-refractivity contribution in [3.05, 3.63) is 83.9 Å². The van der Waals surface area contributed by atoms with Crippen molar-refractivity contribution in [2.45, 2.75) is 44.1 Å². The molecule has 0 bridgehead atoms. The standard InChI is InChI=1S/C26H28N2O4S/c1-18-10-13-20(14-11-18)27-25(29)24-17-28(33(30,31)21-8-6-5-7-9-21)22-16-19(26(2,3)4)12-15-23(22)32-24/h5-16,24H,17H2,1-4H3,(H,27,29). The van der Waals surface area contributed by atoms with Crippen LogP contribution in [0.1, 0.15) is 31.9 Å². The highest BCUT2D eigenvalue weighted by molar-refractivity contribution is 7.92. The Morgan fingerprint density at radius 3 is 2.30 bits per heavy atom. The minimum absolute atomic E-state index is 0.129. The Morgan fingerprint density at radius 1 is 1.00 bits per heavy atom. The van der Waals surface area contributed by atoms with Crippen LogP contribution in [-0.4, -0.2) is 27.0 Å². The minimum Gasteiger partial charge on any atom is -0.476 e. The molecule has 1 amide bonds. The topological polar surface area (TPSA) is 75.7 Å². The van der Waals surface area contributed by atoms with E-state index in [1.54, 1.807) is 48.5 Å². The highest BCUT2D eigenvalue weighted by atomic mass is 32.2. The van der Waals surface area contributed by atoms with E-state index in [0.29, 0.717) is 17.1 Å². The number of rotatable bonds is 4. The van der Waals surface area contributed by atoms with Crippen molar-refractivity contribution < 1.29 is 17.9 Å². The fourth-order valence-electron chi connectivity index (χ4n) is 3.66. The Morgan fingerprint density at radius 2 is 1.67 bits per heavy atom. The second-order valence-corrected chi connectivity index (χ2v) is 11.1. The Bertz CT molecular complexity index is 1260. The van der Waals surface area contributed by atoms with Crippen molar-refractivity contribution in [2.75, 3.05) is 16.2 Å². The Labute approximate surface area is 195 Å². The van der Waals surface area contributed by atoms with Crippen LogP contribution in [0.2, 0.25) is 0 Å². The number of fused-ring (bicyclic) bond motifs is 1. The first-order valence-electron chi connectivity index (χ1n) is 10.8. The number of anilines is 2. The molecule has 6 nitrogen and oxygen atoms in total. The summed E-state index contributed by atoms with van der Waals surface area (Å²) in [5.41, 5.74) is 2.93. The Kier molecular flexibility index (Phi) is 5.93. The van der Waals surface area contributed by atoms with Crippen molar-refractivity contribution in [1.82, 2.24) is 0 Å². The van der Waals surface area contributed by atoms with Crippen LogP contribution in [0.4, 0.5) is 11.4 Å². The lowest BCUT2D eigenvalue weighted by molar-refractivity contribution is -0.122. The number of nitrogens with one attached hydrogen (secondary N) is 1. The number of carbonyl (C=O) groups is 1. The monoisotopic (exact) mass is 464 g/mol. The fraction of sp³-hybridized carbons (Fsp3) is 0.269. The number of aryl methyl sites for hydroxylation is 1. The Hall–Kier alpha value is -3.32. The maximum Gasteiger partial charge on any atom is 0.267 e. The summed E-state index contributed by atoms with van der Waals surface area (Å²) in [6.07, 6.45) is -1.00. The first kappa shape index (κ1) is 22.9. The molecule has 0 fully saturated rings. The van der Waals surface area contributed by atoms with Crippen LogP contribution in [0.15, 0.2) is 77.7 Å². The van der Waals surface area contributed by atoms with Crippen LogP contribution < -0.4 is 14.4 Å². The normalized spacial score (nSPS) is 16.0. The lowest BCUT2D eigenvalue weighted by Gasteiger charge is -2.36. The van der Waals surface area contributed by atoms with Gasteiger partial charge in [0.25, 0.3) is 15.9 Å². The summed E-state index contributed by atoms with van der Waals surface area (Å²) in [5, 5.41) is 2.83. The van der Waals surface area contributed by atoms with E-state index >= 15 is 0 Å². The van der Waals surface area contributed by atoms with Crippen molar-refractivity contribution >= 4 is 27.3 Å². The van der Waals surface area contributed by atoms with Gasteiger partial charge in [-0.2, -0.15) is 0 Å². The highest BCUT2D eigenvalue weighted by Gasteiger charge is 2.38. The lowest BCUT2D eigenvalue weighted by Crippen LogP contribution is -2.49. The number of benzene rings is 3. The van der Waals surface area contributed by atoms with E-state index in [9.17, 15) is 13.2 Å². The number of nitrogens with zero attached hydrogens (tertiary/aromatic N) is 1. The number of amides is 1. The number of sulfonamides is 1. The van der Waals surface area contributed by atoms with Crippen LogP contribution in [-0.2, 0) is 20.2 Å². The van der Waals surface area contributed by atoms with Gasteiger partial charge in [0.05, 0.1) is 17.1 Å². The van der Waals surface area contributed by atoms with Crippen LogP contribution in [0.3, 0.4) is 0 Å². The average Bonchev–Trinajstić information content (AvgIpc) is 2.79. The molecular formula is C26H28N2O4S. The van der Waals surface area contributed by atoms with E-state index in [4.69, 9.17) is 4.74 Å². The summed E-state index contributed by atoms with van der Waals surface area (Å²) in [6.45, 7) is 8.02. The smallest absolute Gasteiger partial charge is 0.267 e. The number of hydrogen-bond donors (Lipinski definition) is 1. The third-order valence-corrected chi connectivity index (χ3v) is 7.43. The third kappa shape index (κ3) is 4.73. The SMILES string of the molecule is Cc1ccc(NC(=O)C2CN(S(=O)(=O)c3ccccc3)c3cc(C(C)(C)C)ccc3O2)cc1. The van der Waals surface area contributed by atoms with E-state index in [1.165, 1.54) is 4.31 Å². The average molecular weight is 465 g/mol. The van der Waals surface area contributed by atoms with E-state index in [-0.39, 0.29) is 16.9 Å². The summed E-state index contributed by atoms with van der Waals surface area (Å²) < 4.78 is 34.5. The molecule has 1 aliphatic heterocycles. The van der Waals surface area contributed by atoms with Gasteiger partial charge in [0.15, 0.2) is 6.10 Å². The second-order valence-electron chi connectivity index (χ2n) is 9.24. The molecule has 7 heteroatoms. The molecule has 1 atom stereocenters. The van der Waals surface area contributed by atoms with Gasteiger partial charge in [-0.05, 0) is 54.3 Å². The predicted molar refractivity (Wildman–Crippen MR) is 130 cm³/mol. The van der Waals surface area contributed by atoms with Crippen LogP contribution >= 0.6 is 0 Å². The van der Waals surface area contributed by atoms with Crippen molar-refractivity contribution in [3.8, 4) is 5.75 Å². The van der Waals surface area contributed by atoms with Gasteiger partial charge in [-0.1, -0.05) is 62.7 Å². The zero-order valence-corrected chi connectivity index (χ0v) is 20.0. The molecule has 0 spiro atoms. The molecule has 1 aliphatic rings. The van der Waals surface area contributed by atoms with E-state index in [1.807, 2.05) is 31.2 Å². The summed E-state index contributed by atoms with van der Waals surface area (Å²) in [4.78, 5) is 13.2. The molecule has 4 rings (SSSR count). The molecule has 0 radical (unpaired) electrons. The fourth-order valence-corrected chi connectivity index (χ4v) is 5.15. The molecular weight excluding hydrogens is 436 g/mol. The molecule has 1 unspecified atom stereocenters.